The van der Waals surface area contributed by atoms with E-state index in [0.29, 0.717) is 0 Å². The monoisotopic (exact) mass is 209 g/mol. The van der Waals surface area contributed by atoms with Crippen LogP contribution in [0.25, 0.3) is 0 Å². The molecule has 1 aliphatic heterocycles. The van der Waals surface area contributed by atoms with Gasteiger partial charge in [0.25, 0.3) is 0 Å². The summed E-state index contributed by atoms with van der Waals surface area (Å²) in [5.74, 6) is 0. The maximum Gasteiger partial charge on any atom is 0.110 e. The predicted octanol–water partition coefficient (Wildman–Crippen LogP) is 1.71. The molecule has 0 N–H and O–H groups in total. The minimum Gasteiger partial charge on any atom is -0.303 e. The Bertz CT molecular complexity index is 232. The molecular weight excluding hydrogens is 186 g/mol. The average Bonchev–Trinajstić information content (AvgIpc) is 2.42. The summed E-state index contributed by atoms with van der Waals surface area (Å²) in [7, 11) is 4.05. The van der Waals surface area contributed by atoms with Crippen molar-refractivity contribution in [2.45, 2.75) is 38.1 Å². The summed E-state index contributed by atoms with van der Waals surface area (Å²) in [6.07, 6.45) is 4.35. The van der Waals surface area contributed by atoms with E-state index in [0.717, 1.165) is 32.4 Å². The molecule has 0 aromatic carbocycles. The lowest BCUT2D eigenvalue weighted by Gasteiger charge is -2.32. The summed E-state index contributed by atoms with van der Waals surface area (Å²) < 4.78 is 0. The highest BCUT2D eigenvalue weighted by atomic mass is 15.2. The fourth-order valence-electron chi connectivity index (χ4n) is 2.37. The second-order valence-electron chi connectivity index (χ2n) is 4.73. The maximum atomic E-state index is 9.34. The van der Waals surface area contributed by atoms with Crippen molar-refractivity contribution in [3.8, 4) is 6.07 Å². The summed E-state index contributed by atoms with van der Waals surface area (Å²) in [6, 6.07) is 2.52. The SMILES string of the molecule is CCCN1CCCC(C#N)(N(C)C)CC1. The van der Waals surface area contributed by atoms with Gasteiger partial charge in [0.2, 0.25) is 0 Å². The second-order valence-corrected chi connectivity index (χ2v) is 4.73. The highest BCUT2D eigenvalue weighted by Gasteiger charge is 2.34. The van der Waals surface area contributed by atoms with Crippen LogP contribution in [0, 0.1) is 11.3 Å². The van der Waals surface area contributed by atoms with Gasteiger partial charge in [0.05, 0.1) is 6.07 Å². The maximum absolute atomic E-state index is 9.34. The molecule has 0 aromatic heterocycles. The van der Waals surface area contributed by atoms with Gasteiger partial charge in [-0.25, -0.2) is 0 Å². The fourth-order valence-corrected chi connectivity index (χ4v) is 2.37. The molecule has 3 heteroatoms. The lowest BCUT2D eigenvalue weighted by Crippen LogP contribution is -2.43. The Labute approximate surface area is 93.7 Å². The Balaban J connectivity index is 2.62. The first-order valence-corrected chi connectivity index (χ1v) is 5.95. The molecule has 0 saturated carbocycles. The number of nitrogens with zero attached hydrogens (tertiary/aromatic N) is 3. The van der Waals surface area contributed by atoms with Crippen LogP contribution in [0.5, 0.6) is 0 Å². The minimum absolute atomic E-state index is 0.220. The van der Waals surface area contributed by atoms with Crippen LogP contribution in [0.4, 0.5) is 0 Å². The van der Waals surface area contributed by atoms with E-state index in [1.807, 2.05) is 14.1 Å². The predicted molar refractivity (Wildman–Crippen MR) is 62.6 cm³/mol. The third-order valence-corrected chi connectivity index (χ3v) is 3.51. The van der Waals surface area contributed by atoms with Gasteiger partial charge in [-0.05, 0) is 52.9 Å². The molecule has 0 radical (unpaired) electrons. The van der Waals surface area contributed by atoms with Crippen LogP contribution >= 0.6 is 0 Å². The standard InChI is InChI=1S/C12H23N3/c1-4-8-15-9-5-6-12(11-13,7-10-15)14(2)3/h4-10H2,1-3H3. The van der Waals surface area contributed by atoms with Crippen LogP contribution in [0.3, 0.4) is 0 Å². The van der Waals surface area contributed by atoms with Crippen molar-refractivity contribution >= 4 is 0 Å². The highest BCUT2D eigenvalue weighted by Crippen LogP contribution is 2.26. The molecule has 0 aromatic rings. The van der Waals surface area contributed by atoms with E-state index in [-0.39, 0.29) is 5.54 Å². The molecule has 0 bridgehead atoms. The van der Waals surface area contributed by atoms with Crippen molar-refractivity contribution in [1.29, 1.82) is 5.26 Å². The Kier molecular flexibility index (Phi) is 4.56. The van der Waals surface area contributed by atoms with E-state index < -0.39 is 0 Å². The van der Waals surface area contributed by atoms with Crippen LogP contribution in [0.15, 0.2) is 0 Å². The third-order valence-electron chi connectivity index (χ3n) is 3.51. The van der Waals surface area contributed by atoms with Crippen molar-refractivity contribution in [2.24, 2.45) is 0 Å². The molecule has 0 spiro atoms. The van der Waals surface area contributed by atoms with Crippen LogP contribution in [0.2, 0.25) is 0 Å². The third kappa shape index (κ3) is 2.93. The lowest BCUT2D eigenvalue weighted by atomic mass is 9.91. The van der Waals surface area contributed by atoms with Crippen LogP contribution < -0.4 is 0 Å². The van der Waals surface area contributed by atoms with Crippen molar-refractivity contribution < 1.29 is 0 Å². The Hall–Kier alpha value is -0.590. The van der Waals surface area contributed by atoms with E-state index in [9.17, 15) is 5.26 Å². The van der Waals surface area contributed by atoms with Gasteiger partial charge in [0, 0.05) is 6.54 Å². The normalized spacial score (nSPS) is 28.7. The van der Waals surface area contributed by atoms with Gasteiger partial charge >= 0.3 is 0 Å². The molecule has 0 amide bonds. The van der Waals surface area contributed by atoms with Crippen LogP contribution in [-0.2, 0) is 0 Å². The van der Waals surface area contributed by atoms with Crippen molar-refractivity contribution in [3.63, 3.8) is 0 Å². The first-order valence-electron chi connectivity index (χ1n) is 5.95. The Morgan fingerprint density at radius 2 is 2.07 bits per heavy atom. The smallest absolute Gasteiger partial charge is 0.110 e. The topological polar surface area (TPSA) is 30.3 Å². The molecule has 3 nitrogen and oxygen atoms in total. The van der Waals surface area contributed by atoms with Crippen molar-refractivity contribution in [2.75, 3.05) is 33.7 Å². The first-order chi connectivity index (χ1) is 7.14. The van der Waals surface area contributed by atoms with Gasteiger partial charge in [-0.1, -0.05) is 6.92 Å². The second kappa shape index (κ2) is 5.48. The molecule has 1 atom stereocenters. The first kappa shape index (κ1) is 12.5. The van der Waals surface area contributed by atoms with Gasteiger partial charge in [-0.15, -0.1) is 0 Å². The molecule has 1 aliphatic rings. The van der Waals surface area contributed by atoms with Crippen molar-refractivity contribution in [3.05, 3.63) is 0 Å². The summed E-state index contributed by atoms with van der Waals surface area (Å²) >= 11 is 0. The zero-order chi connectivity index (χ0) is 11.3. The van der Waals surface area contributed by atoms with E-state index in [2.05, 4.69) is 22.8 Å². The molecule has 1 saturated heterocycles. The van der Waals surface area contributed by atoms with E-state index in [4.69, 9.17) is 0 Å². The molecule has 86 valence electrons. The summed E-state index contributed by atoms with van der Waals surface area (Å²) in [5.41, 5.74) is -0.220. The highest BCUT2D eigenvalue weighted by molar-refractivity contribution is 5.08. The summed E-state index contributed by atoms with van der Waals surface area (Å²) in [6.45, 7) is 5.62. The van der Waals surface area contributed by atoms with E-state index >= 15 is 0 Å². The minimum atomic E-state index is -0.220. The zero-order valence-electron chi connectivity index (χ0n) is 10.3. The lowest BCUT2D eigenvalue weighted by molar-refractivity contribution is 0.187. The fraction of sp³-hybridized carbons (Fsp3) is 0.917. The van der Waals surface area contributed by atoms with Gasteiger partial charge < -0.3 is 4.90 Å². The van der Waals surface area contributed by atoms with Crippen LogP contribution in [-0.4, -0.2) is 49.1 Å². The molecule has 1 fully saturated rings. The molecule has 0 aliphatic carbocycles. The summed E-state index contributed by atoms with van der Waals surface area (Å²) in [4.78, 5) is 4.59. The number of rotatable bonds is 3. The Morgan fingerprint density at radius 3 is 2.60 bits per heavy atom. The molecule has 1 unspecified atom stereocenters. The quantitative estimate of drug-likeness (QED) is 0.709. The van der Waals surface area contributed by atoms with E-state index in [1.165, 1.54) is 13.0 Å². The Morgan fingerprint density at radius 1 is 1.33 bits per heavy atom. The molecule has 1 rings (SSSR count). The average molecular weight is 209 g/mol. The molecule has 15 heavy (non-hydrogen) atoms. The van der Waals surface area contributed by atoms with E-state index in [1.54, 1.807) is 0 Å². The number of hydrogen-bond acceptors (Lipinski definition) is 3. The zero-order valence-corrected chi connectivity index (χ0v) is 10.3. The summed E-state index contributed by atoms with van der Waals surface area (Å²) in [5, 5.41) is 9.34. The van der Waals surface area contributed by atoms with Crippen molar-refractivity contribution in [1.82, 2.24) is 9.80 Å². The number of likely N-dealkylation sites (tertiary alicyclic amines) is 1. The molecule has 1 heterocycles. The molecular formula is C12H23N3. The van der Waals surface area contributed by atoms with Crippen LogP contribution in [0.1, 0.15) is 32.6 Å². The van der Waals surface area contributed by atoms with Gasteiger partial charge in [-0.3, -0.25) is 4.90 Å². The van der Waals surface area contributed by atoms with Gasteiger partial charge in [-0.2, -0.15) is 5.26 Å². The largest absolute Gasteiger partial charge is 0.303 e. The van der Waals surface area contributed by atoms with Gasteiger partial charge in [0.1, 0.15) is 5.54 Å². The van der Waals surface area contributed by atoms with Gasteiger partial charge in [0.15, 0.2) is 0 Å². The number of hydrogen-bond donors (Lipinski definition) is 0. The number of nitriles is 1.